The molecule has 0 aromatic rings. The van der Waals surface area contributed by atoms with Crippen LogP contribution in [0.4, 0.5) is 0 Å². The minimum absolute atomic E-state index is 0.471. The number of esters is 3. The van der Waals surface area contributed by atoms with E-state index in [9.17, 15) is 19.5 Å². The number of carbonyl (C=O) groups excluding carboxylic acids is 3. The van der Waals surface area contributed by atoms with Gasteiger partial charge < -0.3 is 28.8 Å². The zero-order chi connectivity index (χ0) is 20.3. The van der Waals surface area contributed by atoms with Crippen molar-refractivity contribution in [1.82, 2.24) is 0 Å². The Morgan fingerprint density at radius 1 is 1.08 bits per heavy atom. The van der Waals surface area contributed by atoms with E-state index in [2.05, 4.69) is 4.74 Å². The summed E-state index contributed by atoms with van der Waals surface area (Å²) < 4.78 is 39.2. The molecule has 24 heavy (non-hydrogen) atoms. The van der Waals surface area contributed by atoms with Crippen molar-refractivity contribution in [3.8, 4) is 0 Å². The van der Waals surface area contributed by atoms with Crippen molar-refractivity contribution < 1.29 is 45.9 Å². The summed E-state index contributed by atoms with van der Waals surface area (Å²) in [4.78, 5) is 33.4. The molecule has 0 unspecified atom stereocenters. The third-order valence-electron chi connectivity index (χ3n) is 2.80. The highest BCUT2D eigenvalue weighted by molar-refractivity contribution is 5.67. The van der Waals surface area contributed by atoms with E-state index in [1.165, 1.54) is 0 Å². The Morgan fingerprint density at radius 3 is 2.12 bits per heavy atom. The number of hydrogen-bond acceptors (Lipinski definition) is 10. The van der Waals surface area contributed by atoms with Crippen molar-refractivity contribution in [3.63, 3.8) is 0 Å². The molecule has 4 atom stereocenters. The molecule has 0 radical (unpaired) electrons. The molecule has 10 heteroatoms. The fourth-order valence-corrected chi connectivity index (χ4v) is 1.82. The zero-order valence-corrected chi connectivity index (χ0v) is 13.9. The van der Waals surface area contributed by atoms with Gasteiger partial charge in [0.1, 0.15) is 25.4 Å². The van der Waals surface area contributed by atoms with Crippen molar-refractivity contribution in [2.75, 3.05) is 27.4 Å². The van der Waals surface area contributed by atoms with E-state index in [1.54, 1.807) is 0 Å². The number of methoxy groups -OCH3 is 2. The van der Waals surface area contributed by atoms with E-state index in [-0.39, 0.29) is 0 Å². The summed E-state index contributed by atoms with van der Waals surface area (Å²) in [5.41, 5.74) is 3.39. The third-order valence-corrected chi connectivity index (χ3v) is 2.80. The van der Waals surface area contributed by atoms with Gasteiger partial charge in [-0.15, -0.1) is 0 Å². The predicted molar refractivity (Wildman–Crippen MR) is 79.6 cm³/mol. The van der Waals surface area contributed by atoms with Crippen LogP contribution < -0.4 is 5.73 Å². The number of rotatable bonds is 10. The average Bonchev–Trinajstić information content (AvgIpc) is 2.52. The van der Waals surface area contributed by atoms with E-state index in [1.807, 2.05) is 0 Å². The Hall–Kier alpha value is -1.75. The quantitative estimate of drug-likeness (QED) is 0.277. The van der Waals surface area contributed by atoms with Gasteiger partial charge in [-0.3, -0.25) is 20.1 Å². The minimum Gasteiger partial charge on any atom is -0.462 e. The maximum atomic E-state index is 11.3. The molecule has 0 heterocycles. The molecule has 0 aromatic carbocycles. The molecule has 0 bridgehead atoms. The van der Waals surface area contributed by atoms with Gasteiger partial charge in [0, 0.05) is 34.9 Å². The fraction of sp³-hybridized carbons (Fsp3) is 0.786. The van der Waals surface area contributed by atoms with Crippen LogP contribution in [0.2, 0.25) is 0 Å². The summed E-state index contributed by atoms with van der Waals surface area (Å²) in [5.74, 6) is -2.16. The van der Waals surface area contributed by atoms with Gasteiger partial charge in [0.05, 0.1) is 2.74 Å². The first-order chi connectivity index (χ1) is 12.0. The molecule has 0 fully saturated rings. The van der Waals surface area contributed by atoms with Crippen molar-refractivity contribution in [2.45, 2.75) is 44.8 Å². The molecule has 0 saturated carbocycles. The van der Waals surface area contributed by atoms with E-state index in [4.69, 9.17) is 27.4 Å². The standard InChI is InChI=1S/C14H25NO9/c1-8(16)22-6-11(24-10(3)18)12(20-4)13(21-5)14(15,19)7-23-9(2)17/h11-13,19H,6-7,15H2,1-5H3/t11-,12-,13+,14+/m1/s1/i4D,5D. The van der Waals surface area contributed by atoms with Crippen molar-refractivity contribution >= 4 is 17.9 Å². The number of ether oxygens (including phenoxy) is 5. The lowest BCUT2D eigenvalue weighted by atomic mass is 9.98. The molecule has 0 saturated heterocycles. The van der Waals surface area contributed by atoms with Gasteiger partial charge in [-0.2, -0.15) is 0 Å². The van der Waals surface area contributed by atoms with Gasteiger partial charge in [-0.1, -0.05) is 0 Å². The highest BCUT2D eigenvalue weighted by Crippen LogP contribution is 2.20. The molecule has 3 N–H and O–H groups in total. The second kappa shape index (κ2) is 10.2. The molecule has 0 aliphatic carbocycles. The smallest absolute Gasteiger partial charge is 0.303 e. The SMILES string of the molecule is [2H]CO[C@H]([C@@H](COC(C)=O)OC(C)=O)[C@H](OC[2H])[C@@](N)(O)COC(C)=O. The lowest BCUT2D eigenvalue weighted by Gasteiger charge is -2.38. The van der Waals surface area contributed by atoms with Crippen LogP contribution in [-0.4, -0.2) is 74.4 Å². The molecule has 0 aromatic heterocycles. The van der Waals surface area contributed by atoms with Gasteiger partial charge in [0.2, 0.25) is 0 Å². The molecule has 10 nitrogen and oxygen atoms in total. The van der Waals surface area contributed by atoms with E-state index >= 15 is 0 Å². The summed E-state index contributed by atoms with van der Waals surface area (Å²) in [6.45, 7) is 2.12. The van der Waals surface area contributed by atoms with Gasteiger partial charge in [0.25, 0.3) is 0 Å². The number of aliphatic hydroxyl groups is 1. The number of hydrogen-bond donors (Lipinski definition) is 2. The van der Waals surface area contributed by atoms with Gasteiger partial charge in [-0.25, -0.2) is 0 Å². The Bertz CT molecular complexity index is 475. The Balaban J connectivity index is 5.64. The summed E-state index contributed by atoms with van der Waals surface area (Å²) in [7, 11) is -1.33. The van der Waals surface area contributed by atoms with Crippen LogP contribution in [-0.2, 0) is 38.1 Å². The fourth-order valence-electron chi connectivity index (χ4n) is 1.82. The summed E-state index contributed by atoms with van der Waals surface area (Å²) in [5, 5.41) is 10.4. The van der Waals surface area contributed by atoms with Gasteiger partial charge in [-0.05, 0) is 0 Å². The van der Waals surface area contributed by atoms with Crippen LogP contribution in [0, 0.1) is 0 Å². The Labute approximate surface area is 142 Å². The highest BCUT2D eigenvalue weighted by atomic mass is 16.6. The molecular weight excluding hydrogens is 326 g/mol. The van der Waals surface area contributed by atoms with Crippen LogP contribution in [0.1, 0.15) is 23.5 Å². The van der Waals surface area contributed by atoms with Gasteiger partial charge >= 0.3 is 17.9 Å². The van der Waals surface area contributed by atoms with Crippen LogP contribution in [0.25, 0.3) is 0 Å². The van der Waals surface area contributed by atoms with E-state index < -0.39 is 69.3 Å². The first-order valence-electron chi connectivity index (χ1n) is 8.23. The topological polar surface area (TPSA) is 144 Å². The van der Waals surface area contributed by atoms with Crippen LogP contribution in [0.5, 0.6) is 0 Å². The van der Waals surface area contributed by atoms with E-state index in [0.717, 1.165) is 20.8 Å². The maximum absolute atomic E-state index is 11.3. The molecule has 0 aliphatic rings. The largest absolute Gasteiger partial charge is 0.462 e. The molecule has 140 valence electrons. The van der Waals surface area contributed by atoms with Crippen molar-refractivity contribution in [2.24, 2.45) is 5.73 Å². The molecule has 0 aliphatic heterocycles. The monoisotopic (exact) mass is 353 g/mol. The average molecular weight is 353 g/mol. The molecule has 0 amide bonds. The van der Waals surface area contributed by atoms with E-state index in [0.29, 0.717) is 0 Å². The Morgan fingerprint density at radius 2 is 1.67 bits per heavy atom. The van der Waals surface area contributed by atoms with Crippen LogP contribution in [0.3, 0.4) is 0 Å². The lowest BCUT2D eigenvalue weighted by Crippen LogP contribution is -2.63. The zero-order valence-electron chi connectivity index (χ0n) is 15.9. The summed E-state index contributed by atoms with van der Waals surface area (Å²) >= 11 is 0. The highest BCUT2D eigenvalue weighted by Gasteiger charge is 2.45. The van der Waals surface area contributed by atoms with Crippen molar-refractivity contribution in [1.29, 1.82) is 0 Å². The third kappa shape index (κ3) is 7.68. The molecule has 0 spiro atoms. The predicted octanol–water partition coefficient (Wildman–Crippen LogP) is -1.28. The Kier molecular flexibility index (Phi) is 7.89. The number of carbonyl (C=O) groups is 3. The van der Waals surface area contributed by atoms with Crippen LogP contribution >= 0.6 is 0 Å². The van der Waals surface area contributed by atoms with Crippen molar-refractivity contribution in [3.05, 3.63) is 0 Å². The summed E-state index contributed by atoms with van der Waals surface area (Å²) in [6, 6.07) is 0. The second-order valence-corrected chi connectivity index (χ2v) is 4.94. The van der Waals surface area contributed by atoms with Crippen LogP contribution in [0.15, 0.2) is 0 Å². The lowest BCUT2D eigenvalue weighted by molar-refractivity contribution is -0.207. The molecule has 0 rings (SSSR count). The normalized spacial score (nSPS) is 18.2. The number of nitrogens with two attached hydrogens (primary N) is 1. The first kappa shape index (κ1) is 18.6. The summed E-state index contributed by atoms with van der Waals surface area (Å²) in [6.07, 6.45) is -4.25. The molecular formula is C14H25NO9. The maximum Gasteiger partial charge on any atom is 0.303 e. The second-order valence-electron chi connectivity index (χ2n) is 4.94. The van der Waals surface area contributed by atoms with Gasteiger partial charge in [0.15, 0.2) is 11.8 Å². The minimum atomic E-state index is -2.35. The first-order valence-corrected chi connectivity index (χ1v) is 6.82.